The van der Waals surface area contributed by atoms with Crippen LogP contribution in [0.5, 0.6) is 0 Å². The molecule has 15 heavy (non-hydrogen) atoms. The molecule has 0 fully saturated rings. The topological polar surface area (TPSA) is 25.8 Å². The van der Waals surface area contributed by atoms with Gasteiger partial charge in [-0.15, -0.1) is 0 Å². The van der Waals surface area contributed by atoms with Crippen LogP contribution >= 0.6 is 0 Å². The van der Waals surface area contributed by atoms with Crippen LogP contribution in [0.1, 0.15) is 16.8 Å². The maximum atomic E-state index is 4.31. The summed E-state index contributed by atoms with van der Waals surface area (Å²) in [6, 6.07) is 8.09. The molecule has 2 heteroatoms. The summed E-state index contributed by atoms with van der Waals surface area (Å²) in [5.74, 6) is 0. The van der Waals surface area contributed by atoms with Gasteiger partial charge in [0, 0.05) is 30.7 Å². The van der Waals surface area contributed by atoms with Crippen LogP contribution < -0.4 is 0 Å². The van der Waals surface area contributed by atoms with Gasteiger partial charge in [0.2, 0.25) is 0 Å². The number of rotatable bonds is 3. The van der Waals surface area contributed by atoms with Crippen LogP contribution in [-0.4, -0.2) is 9.97 Å². The fourth-order valence-corrected chi connectivity index (χ4v) is 1.58. The molecule has 75 valence electrons. The zero-order chi connectivity index (χ0) is 10.5. The second kappa shape index (κ2) is 4.69. The van der Waals surface area contributed by atoms with E-state index in [1.807, 2.05) is 24.5 Å². The van der Waals surface area contributed by atoms with Crippen molar-refractivity contribution in [3.63, 3.8) is 0 Å². The fraction of sp³-hybridized carbons (Fsp3) is 0.154. The number of pyridine rings is 2. The summed E-state index contributed by atoms with van der Waals surface area (Å²) in [5.41, 5.74) is 3.52. The van der Waals surface area contributed by atoms with Crippen molar-refractivity contribution >= 4 is 0 Å². The van der Waals surface area contributed by atoms with E-state index in [9.17, 15) is 0 Å². The molecule has 0 amide bonds. The molecule has 0 aliphatic carbocycles. The first-order chi connectivity index (χ1) is 7.40. The molecule has 0 bridgehead atoms. The van der Waals surface area contributed by atoms with E-state index >= 15 is 0 Å². The third-order valence-electron chi connectivity index (χ3n) is 2.34. The van der Waals surface area contributed by atoms with E-state index < -0.39 is 0 Å². The molecule has 2 aromatic rings. The van der Waals surface area contributed by atoms with Gasteiger partial charge in [-0.3, -0.25) is 9.97 Å². The Morgan fingerprint density at radius 2 is 2.00 bits per heavy atom. The van der Waals surface area contributed by atoms with E-state index in [-0.39, 0.29) is 0 Å². The summed E-state index contributed by atoms with van der Waals surface area (Å²) < 4.78 is 0. The summed E-state index contributed by atoms with van der Waals surface area (Å²) in [6.45, 7) is 3.88. The van der Waals surface area contributed by atoms with Gasteiger partial charge in [-0.05, 0) is 36.6 Å². The Morgan fingerprint density at radius 3 is 2.73 bits per heavy atom. The SMILES string of the molecule is [CH2]Cc1ncccc1Cc1cccnc1. The molecule has 2 aromatic heterocycles. The van der Waals surface area contributed by atoms with Gasteiger partial charge in [0.25, 0.3) is 0 Å². The van der Waals surface area contributed by atoms with E-state index in [0.29, 0.717) is 0 Å². The lowest BCUT2D eigenvalue weighted by molar-refractivity contribution is 1.02. The highest BCUT2D eigenvalue weighted by Crippen LogP contribution is 2.11. The highest BCUT2D eigenvalue weighted by molar-refractivity contribution is 5.27. The molecule has 2 rings (SSSR count). The van der Waals surface area contributed by atoms with E-state index in [1.54, 1.807) is 6.20 Å². The fourth-order valence-electron chi connectivity index (χ4n) is 1.58. The van der Waals surface area contributed by atoms with Crippen molar-refractivity contribution < 1.29 is 0 Å². The van der Waals surface area contributed by atoms with E-state index in [4.69, 9.17) is 0 Å². The van der Waals surface area contributed by atoms with Crippen molar-refractivity contribution in [2.45, 2.75) is 12.8 Å². The predicted octanol–water partition coefficient (Wildman–Crippen LogP) is 2.44. The smallest absolute Gasteiger partial charge is 0.0438 e. The lowest BCUT2D eigenvalue weighted by Gasteiger charge is -2.05. The van der Waals surface area contributed by atoms with Crippen LogP contribution in [0.25, 0.3) is 0 Å². The molecule has 0 unspecified atom stereocenters. The van der Waals surface area contributed by atoms with Crippen LogP contribution in [-0.2, 0) is 12.8 Å². The van der Waals surface area contributed by atoms with Crippen molar-refractivity contribution in [2.24, 2.45) is 0 Å². The highest BCUT2D eigenvalue weighted by atomic mass is 14.7. The summed E-state index contributed by atoms with van der Waals surface area (Å²) in [5, 5.41) is 0. The average molecular weight is 197 g/mol. The van der Waals surface area contributed by atoms with Crippen molar-refractivity contribution in [1.29, 1.82) is 0 Å². The van der Waals surface area contributed by atoms with E-state index in [0.717, 1.165) is 18.5 Å². The quantitative estimate of drug-likeness (QED) is 0.755. The van der Waals surface area contributed by atoms with Gasteiger partial charge in [0.1, 0.15) is 0 Å². The Balaban J connectivity index is 2.24. The van der Waals surface area contributed by atoms with Gasteiger partial charge in [-0.1, -0.05) is 12.1 Å². The molecule has 0 saturated heterocycles. The molecule has 0 N–H and O–H groups in total. The number of aromatic nitrogens is 2. The Morgan fingerprint density at radius 1 is 1.13 bits per heavy atom. The standard InChI is InChI=1S/C13H13N2/c1-2-13-12(6-4-8-15-13)9-11-5-3-7-14-10-11/h3-8,10H,1-2,9H2. The van der Waals surface area contributed by atoms with E-state index in [2.05, 4.69) is 29.0 Å². The summed E-state index contributed by atoms with van der Waals surface area (Å²) >= 11 is 0. The Bertz CT molecular complexity index is 424. The first-order valence-electron chi connectivity index (χ1n) is 5.01. The summed E-state index contributed by atoms with van der Waals surface area (Å²) in [6.07, 6.45) is 7.10. The molecular weight excluding hydrogens is 184 g/mol. The van der Waals surface area contributed by atoms with Crippen LogP contribution in [0.3, 0.4) is 0 Å². The zero-order valence-corrected chi connectivity index (χ0v) is 8.56. The Kier molecular flexibility index (Phi) is 3.08. The van der Waals surface area contributed by atoms with Gasteiger partial charge in [-0.25, -0.2) is 0 Å². The van der Waals surface area contributed by atoms with Crippen molar-refractivity contribution in [1.82, 2.24) is 9.97 Å². The van der Waals surface area contributed by atoms with Crippen LogP contribution in [0.15, 0.2) is 42.9 Å². The molecular formula is C13H13N2. The van der Waals surface area contributed by atoms with Crippen molar-refractivity contribution in [2.75, 3.05) is 0 Å². The second-order valence-electron chi connectivity index (χ2n) is 3.40. The lowest BCUT2D eigenvalue weighted by Crippen LogP contribution is -1.97. The normalized spacial score (nSPS) is 10.2. The first-order valence-corrected chi connectivity index (χ1v) is 5.01. The monoisotopic (exact) mass is 197 g/mol. The Labute approximate surface area is 90.0 Å². The van der Waals surface area contributed by atoms with Crippen LogP contribution in [0.4, 0.5) is 0 Å². The van der Waals surface area contributed by atoms with Gasteiger partial charge in [0.05, 0.1) is 0 Å². The maximum Gasteiger partial charge on any atom is 0.0438 e. The average Bonchev–Trinajstić information content (AvgIpc) is 2.31. The highest BCUT2D eigenvalue weighted by Gasteiger charge is 2.01. The molecule has 1 radical (unpaired) electrons. The minimum atomic E-state index is 0.733. The van der Waals surface area contributed by atoms with Crippen LogP contribution in [0.2, 0.25) is 0 Å². The molecule has 0 aliphatic heterocycles. The van der Waals surface area contributed by atoms with Crippen molar-refractivity contribution in [3.8, 4) is 0 Å². The number of hydrogen-bond donors (Lipinski definition) is 0. The summed E-state index contributed by atoms with van der Waals surface area (Å²) in [4.78, 5) is 8.41. The van der Waals surface area contributed by atoms with Crippen LogP contribution in [0, 0.1) is 6.92 Å². The largest absolute Gasteiger partial charge is 0.264 e. The molecule has 0 saturated carbocycles. The second-order valence-corrected chi connectivity index (χ2v) is 3.40. The van der Waals surface area contributed by atoms with Gasteiger partial charge < -0.3 is 0 Å². The van der Waals surface area contributed by atoms with Gasteiger partial charge in [-0.2, -0.15) is 0 Å². The number of nitrogens with zero attached hydrogens (tertiary/aromatic N) is 2. The molecule has 2 nitrogen and oxygen atoms in total. The lowest BCUT2D eigenvalue weighted by atomic mass is 10.0. The molecule has 0 spiro atoms. The van der Waals surface area contributed by atoms with Gasteiger partial charge in [0.15, 0.2) is 0 Å². The Hall–Kier alpha value is -1.70. The van der Waals surface area contributed by atoms with E-state index in [1.165, 1.54) is 11.1 Å². The zero-order valence-electron chi connectivity index (χ0n) is 8.56. The third-order valence-corrected chi connectivity index (χ3v) is 2.34. The molecule has 0 aliphatic rings. The molecule has 0 aromatic carbocycles. The summed E-state index contributed by atoms with van der Waals surface area (Å²) in [7, 11) is 0. The minimum Gasteiger partial charge on any atom is -0.264 e. The molecule has 2 heterocycles. The first kappa shape index (κ1) is 9.84. The van der Waals surface area contributed by atoms with Crippen molar-refractivity contribution in [3.05, 3.63) is 66.6 Å². The molecule has 0 atom stereocenters. The third kappa shape index (κ3) is 2.40. The maximum absolute atomic E-state index is 4.31. The number of hydrogen-bond acceptors (Lipinski definition) is 2. The minimum absolute atomic E-state index is 0.733. The predicted molar refractivity (Wildman–Crippen MR) is 60.3 cm³/mol. The van der Waals surface area contributed by atoms with Gasteiger partial charge >= 0.3 is 0 Å².